The Hall–Kier alpha value is -2.64. The Kier molecular flexibility index (Phi) is 5.39. The van der Waals surface area contributed by atoms with Crippen LogP contribution in [0.1, 0.15) is 0 Å². The number of anilines is 1. The summed E-state index contributed by atoms with van der Waals surface area (Å²) < 4.78 is 38.3. The Balaban J connectivity index is 2.12. The first-order valence-corrected chi connectivity index (χ1v) is 9.51. The topological polar surface area (TPSA) is 68.7 Å². The van der Waals surface area contributed by atoms with Gasteiger partial charge < -0.3 is 9.47 Å². The van der Waals surface area contributed by atoms with E-state index >= 15 is 0 Å². The molecule has 7 heteroatoms. The van der Waals surface area contributed by atoms with E-state index in [-0.39, 0.29) is 18.0 Å². The largest absolute Gasteiger partial charge is 0.495 e. The fourth-order valence-corrected chi connectivity index (χ4v) is 4.29. The summed E-state index contributed by atoms with van der Waals surface area (Å²) in [5.41, 5.74) is 1.28. The summed E-state index contributed by atoms with van der Waals surface area (Å²) in [6.07, 6.45) is 1.56. The van der Waals surface area contributed by atoms with E-state index in [0.717, 1.165) is 10.9 Å². The van der Waals surface area contributed by atoms with Crippen molar-refractivity contribution in [3.63, 3.8) is 0 Å². The smallest absolute Gasteiger partial charge is 0.268 e. The molecule has 0 atom stereocenters. The highest BCUT2D eigenvalue weighted by atomic mass is 32.2. The van der Waals surface area contributed by atoms with Gasteiger partial charge in [0.25, 0.3) is 10.0 Å². The molecule has 0 fully saturated rings. The Labute approximate surface area is 153 Å². The van der Waals surface area contributed by atoms with Crippen molar-refractivity contribution in [2.24, 2.45) is 0 Å². The lowest BCUT2D eigenvalue weighted by atomic mass is 10.2. The van der Waals surface area contributed by atoms with Gasteiger partial charge in [-0.3, -0.25) is 9.29 Å². The number of benzene rings is 2. The van der Waals surface area contributed by atoms with Gasteiger partial charge in [0.15, 0.2) is 0 Å². The van der Waals surface area contributed by atoms with E-state index in [1.54, 1.807) is 24.4 Å². The maximum Gasteiger partial charge on any atom is 0.268 e. The van der Waals surface area contributed by atoms with Gasteiger partial charge in [0.05, 0.1) is 37.7 Å². The van der Waals surface area contributed by atoms with Crippen molar-refractivity contribution in [1.29, 1.82) is 0 Å². The first-order chi connectivity index (χ1) is 12.6. The fourth-order valence-electron chi connectivity index (χ4n) is 2.71. The van der Waals surface area contributed by atoms with Gasteiger partial charge in [-0.05, 0) is 24.3 Å². The van der Waals surface area contributed by atoms with Crippen LogP contribution >= 0.6 is 0 Å². The molecule has 0 radical (unpaired) electrons. The normalized spacial score (nSPS) is 11.5. The summed E-state index contributed by atoms with van der Waals surface area (Å²) in [5.74, 6) is 0.295. The van der Waals surface area contributed by atoms with Gasteiger partial charge in [-0.2, -0.15) is 0 Å². The Morgan fingerprint density at radius 1 is 1.04 bits per heavy atom. The average Bonchev–Trinajstić information content (AvgIpc) is 2.68. The summed E-state index contributed by atoms with van der Waals surface area (Å²) in [6, 6.07) is 15.9. The zero-order chi connectivity index (χ0) is 18.6. The zero-order valence-electron chi connectivity index (χ0n) is 14.6. The van der Waals surface area contributed by atoms with Crippen molar-refractivity contribution in [3.05, 3.63) is 60.8 Å². The average molecular weight is 372 g/mol. The van der Waals surface area contributed by atoms with E-state index in [4.69, 9.17) is 9.47 Å². The molecule has 6 nitrogen and oxygen atoms in total. The first-order valence-electron chi connectivity index (χ1n) is 8.07. The molecule has 1 heterocycles. The number of hydrogen-bond acceptors (Lipinski definition) is 5. The molecule has 0 saturated carbocycles. The molecule has 1 aromatic heterocycles. The minimum absolute atomic E-state index is 0.103. The lowest BCUT2D eigenvalue weighted by molar-refractivity contribution is 0.208. The van der Waals surface area contributed by atoms with Crippen molar-refractivity contribution in [2.45, 2.75) is 4.90 Å². The second-order valence-electron chi connectivity index (χ2n) is 5.61. The van der Waals surface area contributed by atoms with E-state index in [1.165, 1.54) is 24.6 Å². The highest BCUT2D eigenvalue weighted by molar-refractivity contribution is 7.93. The summed E-state index contributed by atoms with van der Waals surface area (Å²) in [7, 11) is -0.865. The summed E-state index contributed by atoms with van der Waals surface area (Å²) in [5, 5.41) is 0.864. The van der Waals surface area contributed by atoms with Gasteiger partial charge in [0.1, 0.15) is 10.6 Å². The Bertz CT molecular complexity index is 1010. The van der Waals surface area contributed by atoms with E-state index in [2.05, 4.69) is 4.98 Å². The number of rotatable bonds is 7. The molecule has 3 aromatic rings. The van der Waals surface area contributed by atoms with Gasteiger partial charge in [0, 0.05) is 12.5 Å². The SMILES string of the molecule is COCCN(c1cnc2ccccc2c1)S(=O)(=O)c1ccccc1OC. The van der Waals surface area contributed by atoms with Crippen LogP contribution in [0.4, 0.5) is 5.69 Å². The summed E-state index contributed by atoms with van der Waals surface area (Å²) in [6.45, 7) is 0.415. The maximum atomic E-state index is 13.3. The molecule has 2 aromatic carbocycles. The zero-order valence-corrected chi connectivity index (χ0v) is 15.4. The van der Waals surface area contributed by atoms with Crippen molar-refractivity contribution in [3.8, 4) is 5.75 Å². The van der Waals surface area contributed by atoms with Crippen LogP contribution in [-0.2, 0) is 14.8 Å². The van der Waals surface area contributed by atoms with Crippen LogP contribution in [0.15, 0.2) is 65.7 Å². The fraction of sp³-hybridized carbons (Fsp3) is 0.211. The molecule has 0 aliphatic carbocycles. The predicted molar refractivity (Wildman–Crippen MR) is 101 cm³/mol. The molecule has 0 N–H and O–H groups in total. The summed E-state index contributed by atoms with van der Waals surface area (Å²) >= 11 is 0. The van der Waals surface area contributed by atoms with Gasteiger partial charge >= 0.3 is 0 Å². The number of fused-ring (bicyclic) bond motifs is 1. The van der Waals surface area contributed by atoms with Gasteiger partial charge in [-0.25, -0.2) is 8.42 Å². The molecule has 3 rings (SSSR count). The van der Waals surface area contributed by atoms with Crippen LogP contribution < -0.4 is 9.04 Å². The quantitative estimate of drug-likeness (QED) is 0.637. The molecule has 0 spiro atoms. The third-order valence-corrected chi connectivity index (χ3v) is 5.87. The van der Waals surface area contributed by atoms with Crippen molar-refractivity contribution < 1.29 is 17.9 Å². The second kappa shape index (κ2) is 7.72. The molecule has 0 amide bonds. The van der Waals surface area contributed by atoms with Crippen LogP contribution in [0.5, 0.6) is 5.75 Å². The second-order valence-corrected chi connectivity index (χ2v) is 7.44. The lowest BCUT2D eigenvalue weighted by Crippen LogP contribution is -2.34. The number of aromatic nitrogens is 1. The highest BCUT2D eigenvalue weighted by Gasteiger charge is 2.28. The molecule has 0 aliphatic heterocycles. The molecular formula is C19H20N2O4S. The molecule has 0 aliphatic rings. The first kappa shape index (κ1) is 18.2. The van der Waals surface area contributed by atoms with E-state index in [9.17, 15) is 8.42 Å². The van der Waals surface area contributed by atoms with Crippen LogP contribution in [0, 0.1) is 0 Å². The predicted octanol–water partition coefficient (Wildman–Crippen LogP) is 3.09. The molecule has 0 saturated heterocycles. The standard InChI is InChI=1S/C19H20N2O4S/c1-24-12-11-21(16-13-15-7-3-4-8-17(15)20-14-16)26(22,23)19-10-6-5-9-18(19)25-2/h3-10,13-14H,11-12H2,1-2H3. The van der Waals surface area contributed by atoms with E-state index in [1.807, 2.05) is 30.3 Å². The maximum absolute atomic E-state index is 13.3. The molecule has 136 valence electrons. The van der Waals surface area contributed by atoms with E-state index < -0.39 is 10.0 Å². The molecule has 26 heavy (non-hydrogen) atoms. The minimum Gasteiger partial charge on any atom is -0.495 e. The van der Waals surface area contributed by atoms with Crippen LogP contribution in [0.25, 0.3) is 10.9 Å². The van der Waals surface area contributed by atoms with E-state index in [0.29, 0.717) is 11.4 Å². The van der Waals surface area contributed by atoms with Crippen molar-refractivity contribution in [2.75, 3.05) is 31.7 Å². The van der Waals surface area contributed by atoms with Crippen LogP contribution in [0.2, 0.25) is 0 Å². The number of pyridine rings is 1. The molecule has 0 unspecified atom stereocenters. The van der Waals surface area contributed by atoms with Gasteiger partial charge in [-0.1, -0.05) is 30.3 Å². The third-order valence-electron chi connectivity index (χ3n) is 4.00. The molecule has 0 bridgehead atoms. The van der Waals surface area contributed by atoms with Gasteiger partial charge in [-0.15, -0.1) is 0 Å². The lowest BCUT2D eigenvalue weighted by Gasteiger charge is -2.25. The number of sulfonamides is 1. The number of hydrogen-bond donors (Lipinski definition) is 0. The minimum atomic E-state index is -3.85. The number of para-hydroxylation sites is 2. The number of ether oxygens (including phenoxy) is 2. The van der Waals surface area contributed by atoms with Gasteiger partial charge in [0.2, 0.25) is 0 Å². The number of methoxy groups -OCH3 is 2. The Morgan fingerprint density at radius 3 is 2.54 bits per heavy atom. The third kappa shape index (κ3) is 3.49. The monoisotopic (exact) mass is 372 g/mol. The van der Waals surface area contributed by atoms with Crippen molar-refractivity contribution >= 4 is 26.6 Å². The van der Waals surface area contributed by atoms with Crippen LogP contribution in [0.3, 0.4) is 0 Å². The van der Waals surface area contributed by atoms with Crippen molar-refractivity contribution in [1.82, 2.24) is 4.98 Å². The summed E-state index contributed by atoms with van der Waals surface area (Å²) in [4.78, 5) is 4.49. The molecular weight excluding hydrogens is 352 g/mol. The Morgan fingerprint density at radius 2 is 1.77 bits per heavy atom. The number of nitrogens with zero attached hydrogens (tertiary/aromatic N) is 2. The van der Waals surface area contributed by atoms with Crippen LogP contribution in [-0.4, -0.2) is 40.8 Å². The highest BCUT2D eigenvalue weighted by Crippen LogP contribution is 2.30.